The topological polar surface area (TPSA) is 60.2 Å². The lowest BCUT2D eigenvalue weighted by Gasteiger charge is -2.05. The van der Waals surface area contributed by atoms with Crippen LogP contribution in [0.15, 0.2) is 42.5 Å². The van der Waals surface area contributed by atoms with Gasteiger partial charge in [0.15, 0.2) is 0 Å². The Labute approximate surface area is 101 Å². The molecule has 0 saturated carbocycles. The highest BCUT2D eigenvalue weighted by atomic mass is 32.2. The maximum Gasteiger partial charge on any atom is 0.209 e. The van der Waals surface area contributed by atoms with Crippen LogP contribution in [0, 0.1) is 0 Å². The number of fused-ring (bicyclic) bond motifs is 1. The molecule has 2 aromatic carbocycles. The van der Waals surface area contributed by atoms with E-state index >= 15 is 0 Å². The molecule has 0 radical (unpaired) electrons. The van der Waals surface area contributed by atoms with Crippen molar-refractivity contribution in [3.05, 3.63) is 48.0 Å². The van der Waals surface area contributed by atoms with E-state index in [1.165, 1.54) is 16.3 Å². The minimum absolute atomic E-state index is 0.0379. The number of sulfonamides is 1. The molecule has 2 rings (SSSR count). The first kappa shape index (κ1) is 12.1. The zero-order valence-corrected chi connectivity index (χ0v) is 10.3. The van der Waals surface area contributed by atoms with E-state index in [1.54, 1.807) is 0 Å². The lowest BCUT2D eigenvalue weighted by Crippen LogP contribution is -2.16. The van der Waals surface area contributed by atoms with E-state index in [4.69, 9.17) is 5.14 Å². The third kappa shape index (κ3) is 3.28. The first-order chi connectivity index (χ1) is 8.06. The van der Waals surface area contributed by atoms with Gasteiger partial charge >= 0.3 is 0 Å². The highest BCUT2D eigenvalue weighted by Gasteiger charge is 2.04. The van der Waals surface area contributed by atoms with E-state index in [0.717, 1.165) is 6.42 Å². The molecule has 17 heavy (non-hydrogen) atoms. The number of hydrogen-bond acceptors (Lipinski definition) is 2. The first-order valence-electron chi connectivity index (χ1n) is 5.53. The van der Waals surface area contributed by atoms with Crippen molar-refractivity contribution in [3.8, 4) is 0 Å². The molecular formula is C13H15NO2S. The molecule has 0 heterocycles. The van der Waals surface area contributed by atoms with Crippen molar-refractivity contribution >= 4 is 20.8 Å². The van der Waals surface area contributed by atoms with E-state index < -0.39 is 10.0 Å². The number of hydrogen-bond donors (Lipinski definition) is 1. The van der Waals surface area contributed by atoms with Crippen molar-refractivity contribution in [3.63, 3.8) is 0 Å². The highest BCUT2D eigenvalue weighted by molar-refractivity contribution is 7.89. The standard InChI is InChI=1S/C13H15NO2S/c14-17(15,16)10-4-8-12-7-3-6-11-5-1-2-9-13(11)12/h1-3,5-7,9H,4,8,10H2,(H2,14,15,16). The normalized spacial score (nSPS) is 11.8. The number of rotatable bonds is 4. The summed E-state index contributed by atoms with van der Waals surface area (Å²) in [5, 5.41) is 7.35. The smallest absolute Gasteiger partial charge is 0.209 e. The van der Waals surface area contributed by atoms with Gasteiger partial charge in [-0.2, -0.15) is 0 Å². The van der Waals surface area contributed by atoms with Crippen molar-refractivity contribution in [1.29, 1.82) is 0 Å². The minimum atomic E-state index is -3.35. The Hall–Kier alpha value is -1.39. The van der Waals surface area contributed by atoms with Crippen molar-refractivity contribution < 1.29 is 8.42 Å². The van der Waals surface area contributed by atoms with Gasteiger partial charge in [0, 0.05) is 0 Å². The summed E-state index contributed by atoms with van der Waals surface area (Å²) in [6, 6.07) is 14.2. The summed E-state index contributed by atoms with van der Waals surface area (Å²) in [5.41, 5.74) is 1.17. The maximum absolute atomic E-state index is 10.9. The molecule has 0 aliphatic heterocycles. The maximum atomic E-state index is 10.9. The Morgan fingerprint density at radius 2 is 1.71 bits per heavy atom. The van der Waals surface area contributed by atoms with Crippen LogP contribution in [-0.4, -0.2) is 14.2 Å². The lowest BCUT2D eigenvalue weighted by molar-refractivity contribution is 0.595. The summed E-state index contributed by atoms with van der Waals surface area (Å²) in [6.07, 6.45) is 1.30. The largest absolute Gasteiger partial charge is 0.229 e. The molecule has 0 atom stereocenters. The molecule has 90 valence electrons. The van der Waals surface area contributed by atoms with Gasteiger partial charge in [0.2, 0.25) is 10.0 Å². The zero-order chi connectivity index (χ0) is 12.3. The second-order valence-electron chi connectivity index (χ2n) is 4.11. The zero-order valence-electron chi connectivity index (χ0n) is 9.46. The molecular weight excluding hydrogens is 234 g/mol. The molecule has 0 fully saturated rings. The van der Waals surface area contributed by atoms with Crippen LogP contribution in [0.5, 0.6) is 0 Å². The number of primary sulfonamides is 1. The molecule has 2 N–H and O–H groups in total. The minimum Gasteiger partial charge on any atom is -0.229 e. The van der Waals surface area contributed by atoms with Crippen LogP contribution in [0.25, 0.3) is 10.8 Å². The van der Waals surface area contributed by atoms with Gasteiger partial charge in [0.05, 0.1) is 5.75 Å². The average Bonchev–Trinajstić information content (AvgIpc) is 2.28. The van der Waals surface area contributed by atoms with Crippen LogP contribution >= 0.6 is 0 Å². The van der Waals surface area contributed by atoms with E-state index in [1.807, 2.05) is 24.3 Å². The molecule has 0 aliphatic carbocycles. The Morgan fingerprint density at radius 3 is 2.47 bits per heavy atom. The van der Waals surface area contributed by atoms with Crippen molar-refractivity contribution in [2.45, 2.75) is 12.8 Å². The van der Waals surface area contributed by atoms with E-state index in [-0.39, 0.29) is 5.75 Å². The Morgan fingerprint density at radius 1 is 1.00 bits per heavy atom. The van der Waals surface area contributed by atoms with Gasteiger partial charge in [-0.3, -0.25) is 0 Å². The molecule has 0 bridgehead atoms. The number of nitrogens with two attached hydrogens (primary N) is 1. The Kier molecular flexibility index (Phi) is 3.45. The van der Waals surface area contributed by atoms with Gasteiger partial charge in [-0.15, -0.1) is 0 Å². The third-order valence-corrected chi connectivity index (χ3v) is 3.61. The predicted octanol–water partition coefficient (Wildman–Crippen LogP) is 2.06. The summed E-state index contributed by atoms with van der Waals surface area (Å²) in [7, 11) is -3.35. The molecule has 0 unspecified atom stereocenters. The van der Waals surface area contributed by atoms with E-state index in [9.17, 15) is 8.42 Å². The molecule has 0 aromatic heterocycles. The monoisotopic (exact) mass is 249 g/mol. The summed E-state index contributed by atoms with van der Waals surface area (Å²) in [4.78, 5) is 0. The van der Waals surface area contributed by atoms with Crippen molar-refractivity contribution in [1.82, 2.24) is 0 Å². The van der Waals surface area contributed by atoms with Gasteiger partial charge < -0.3 is 0 Å². The molecule has 4 heteroatoms. The van der Waals surface area contributed by atoms with Crippen LogP contribution in [-0.2, 0) is 16.4 Å². The van der Waals surface area contributed by atoms with Crippen molar-refractivity contribution in [2.24, 2.45) is 5.14 Å². The fraction of sp³-hybridized carbons (Fsp3) is 0.231. The van der Waals surface area contributed by atoms with Crippen molar-refractivity contribution in [2.75, 3.05) is 5.75 Å². The average molecular weight is 249 g/mol. The van der Waals surface area contributed by atoms with Crippen LogP contribution in [0.2, 0.25) is 0 Å². The van der Waals surface area contributed by atoms with E-state index in [0.29, 0.717) is 6.42 Å². The molecule has 0 aliphatic rings. The summed E-state index contributed by atoms with van der Waals surface area (Å²) in [5.74, 6) is 0.0379. The van der Waals surface area contributed by atoms with Gasteiger partial charge in [0.1, 0.15) is 0 Å². The van der Waals surface area contributed by atoms with Gasteiger partial charge in [-0.05, 0) is 29.2 Å². The number of benzene rings is 2. The third-order valence-electron chi connectivity index (χ3n) is 2.75. The fourth-order valence-electron chi connectivity index (χ4n) is 1.97. The molecule has 0 saturated heterocycles. The Bertz CT molecular complexity index is 615. The highest BCUT2D eigenvalue weighted by Crippen LogP contribution is 2.19. The molecule has 0 spiro atoms. The second kappa shape index (κ2) is 4.85. The van der Waals surface area contributed by atoms with Gasteiger partial charge in [0.25, 0.3) is 0 Å². The van der Waals surface area contributed by atoms with Crippen LogP contribution < -0.4 is 5.14 Å². The van der Waals surface area contributed by atoms with Crippen LogP contribution in [0.4, 0.5) is 0 Å². The van der Waals surface area contributed by atoms with Crippen LogP contribution in [0.3, 0.4) is 0 Å². The molecule has 3 nitrogen and oxygen atoms in total. The van der Waals surface area contributed by atoms with Crippen LogP contribution in [0.1, 0.15) is 12.0 Å². The van der Waals surface area contributed by atoms with Gasteiger partial charge in [-0.25, -0.2) is 13.6 Å². The van der Waals surface area contributed by atoms with E-state index in [2.05, 4.69) is 18.2 Å². The lowest BCUT2D eigenvalue weighted by atomic mass is 10.0. The molecule has 0 amide bonds. The first-order valence-corrected chi connectivity index (χ1v) is 7.25. The Balaban J connectivity index is 2.19. The van der Waals surface area contributed by atoms with Gasteiger partial charge in [-0.1, -0.05) is 42.5 Å². The molecule has 2 aromatic rings. The number of aryl methyl sites for hydroxylation is 1. The summed E-state index contributed by atoms with van der Waals surface area (Å²) >= 11 is 0. The SMILES string of the molecule is NS(=O)(=O)CCCc1cccc2ccccc12. The predicted molar refractivity (Wildman–Crippen MR) is 70.2 cm³/mol. The second-order valence-corrected chi connectivity index (χ2v) is 5.84. The fourth-order valence-corrected chi connectivity index (χ4v) is 2.52. The quantitative estimate of drug-likeness (QED) is 0.901. The summed E-state index contributed by atoms with van der Waals surface area (Å²) < 4.78 is 21.7. The summed E-state index contributed by atoms with van der Waals surface area (Å²) in [6.45, 7) is 0.